The first-order chi connectivity index (χ1) is 14.6. The molecule has 2 aromatic heterocycles. The molecule has 0 radical (unpaired) electrons. The molecule has 0 spiro atoms. The zero-order chi connectivity index (χ0) is 21.1. The van der Waals surface area contributed by atoms with Crippen LogP contribution in [-0.4, -0.2) is 35.7 Å². The summed E-state index contributed by atoms with van der Waals surface area (Å²) in [5.41, 5.74) is 5.35. The van der Waals surface area contributed by atoms with Crippen LogP contribution in [-0.2, 0) is 0 Å². The maximum absolute atomic E-state index is 12.5. The average Bonchev–Trinajstić information content (AvgIpc) is 3.36. The van der Waals surface area contributed by atoms with E-state index in [4.69, 9.17) is 21.1 Å². The number of halogens is 1. The molecule has 7 nitrogen and oxygen atoms in total. The van der Waals surface area contributed by atoms with Crippen LogP contribution < -0.4 is 14.9 Å². The van der Waals surface area contributed by atoms with Gasteiger partial charge < -0.3 is 9.47 Å². The number of methoxy groups -OCH3 is 2. The first-order valence-corrected chi connectivity index (χ1v) is 10.1. The average molecular weight is 441 g/mol. The van der Waals surface area contributed by atoms with Crippen molar-refractivity contribution in [1.82, 2.24) is 14.8 Å². The number of hydrazone groups is 1. The lowest BCUT2D eigenvalue weighted by Gasteiger charge is -2.08. The van der Waals surface area contributed by atoms with E-state index in [1.165, 1.54) is 25.6 Å². The summed E-state index contributed by atoms with van der Waals surface area (Å²) in [6.45, 7) is 0. The highest BCUT2D eigenvalue weighted by molar-refractivity contribution is 7.15. The second-order valence-electron chi connectivity index (χ2n) is 6.18. The normalized spacial score (nSPS) is 11.2. The van der Waals surface area contributed by atoms with Crippen molar-refractivity contribution in [3.05, 3.63) is 70.3 Å². The quantitative estimate of drug-likeness (QED) is 0.354. The van der Waals surface area contributed by atoms with Crippen LogP contribution in [0.4, 0.5) is 0 Å². The van der Waals surface area contributed by atoms with Gasteiger partial charge in [0, 0.05) is 27.7 Å². The molecule has 0 aliphatic rings. The number of hydrogen-bond donors (Lipinski definition) is 1. The predicted octanol–water partition coefficient (Wildman–Crippen LogP) is 4.50. The number of nitrogens with one attached hydrogen (secondary N) is 1. The van der Waals surface area contributed by atoms with Crippen molar-refractivity contribution in [1.29, 1.82) is 0 Å². The maximum atomic E-state index is 12.5. The second kappa shape index (κ2) is 8.56. The number of aromatic nitrogens is 2. The SMILES string of the molecule is COc1ccc(C(=O)N/N=C/c2c(-c3ccc(Cl)cc3)nc3sccn23)cc1OC. The maximum Gasteiger partial charge on any atom is 0.271 e. The van der Waals surface area contributed by atoms with Gasteiger partial charge in [0.25, 0.3) is 5.91 Å². The monoisotopic (exact) mass is 440 g/mol. The number of imidazole rings is 1. The number of ether oxygens (including phenoxy) is 2. The molecule has 30 heavy (non-hydrogen) atoms. The standard InChI is InChI=1S/C21H17ClN4O3S/c1-28-17-8-5-14(11-18(17)29-2)20(27)25-23-12-16-19(13-3-6-15(22)7-4-13)24-21-26(16)9-10-30-21/h3-12H,1-2H3,(H,25,27)/b23-12+. The van der Waals surface area contributed by atoms with Crippen LogP contribution in [0.25, 0.3) is 16.2 Å². The Morgan fingerprint density at radius 3 is 2.67 bits per heavy atom. The zero-order valence-corrected chi connectivity index (χ0v) is 17.7. The first-order valence-electron chi connectivity index (χ1n) is 8.87. The molecule has 0 atom stereocenters. The van der Waals surface area contributed by atoms with Gasteiger partial charge in [-0.15, -0.1) is 11.3 Å². The Bertz CT molecular complexity index is 1230. The Morgan fingerprint density at radius 2 is 1.93 bits per heavy atom. The van der Waals surface area contributed by atoms with Gasteiger partial charge in [-0.3, -0.25) is 9.20 Å². The molecule has 0 saturated heterocycles. The summed E-state index contributed by atoms with van der Waals surface area (Å²) in [4.78, 5) is 18.0. The minimum atomic E-state index is -0.369. The van der Waals surface area contributed by atoms with Crippen molar-refractivity contribution in [3.8, 4) is 22.8 Å². The molecular weight excluding hydrogens is 424 g/mol. The highest BCUT2D eigenvalue weighted by Crippen LogP contribution is 2.28. The van der Waals surface area contributed by atoms with Crippen LogP contribution in [0.3, 0.4) is 0 Å². The van der Waals surface area contributed by atoms with Gasteiger partial charge in [0.2, 0.25) is 0 Å². The van der Waals surface area contributed by atoms with Crippen molar-refractivity contribution in [2.24, 2.45) is 5.10 Å². The Balaban J connectivity index is 1.60. The topological polar surface area (TPSA) is 77.2 Å². The van der Waals surface area contributed by atoms with Crippen LogP contribution >= 0.6 is 22.9 Å². The van der Waals surface area contributed by atoms with E-state index in [0.29, 0.717) is 22.1 Å². The summed E-state index contributed by atoms with van der Waals surface area (Å²) in [5, 5.41) is 6.73. The van der Waals surface area contributed by atoms with E-state index in [9.17, 15) is 4.79 Å². The number of rotatable bonds is 6. The molecule has 4 aromatic rings. The molecule has 4 rings (SSSR count). The number of carbonyl (C=O) groups is 1. The van der Waals surface area contributed by atoms with E-state index in [-0.39, 0.29) is 5.91 Å². The number of thiazole rings is 1. The van der Waals surface area contributed by atoms with Crippen molar-refractivity contribution in [2.75, 3.05) is 14.2 Å². The molecule has 0 aliphatic carbocycles. The van der Waals surface area contributed by atoms with Crippen molar-refractivity contribution in [2.45, 2.75) is 0 Å². The van der Waals surface area contributed by atoms with E-state index in [0.717, 1.165) is 21.9 Å². The van der Waals surface area contributed by atoms with Gasteiger partial charge in [-0.1, -0.05) is 23.7 Å². The van der Waals surface area contributed by atoms with Crippen LogP contribution in [0, 0.1) is 0 Å². The van der Waals surface area contributed by atoms with Crippen LogP contribution in [0.2, 0.25) is 5.02 Å². The number of hydrogen-bond acceptors (Lipinski definition) is 6. The van der Waals surface area contributed by atoms with E-state index >= 15 is 0 Å². The fourth-order valence-corrected chi connectivity index (χ4v) is 3.79. The largest absolute Gasteiger partial charge is 0.493 e. The van der Waals surface area contributed by atoms with E-state index < -0.39 is 0 Å². The minimum Gasteiger partial charge on any atom is -0.493 e. The Kier molecular flexibility index (Phi) is 5.69. The molecule has 2 aromatic carbocycles. The molecule has 1 N–H and O–H groups in total. The molecule has 2 heterocycles. The highest BCUT2D eigenvalue weighted by Gasteiger charge is 2.14. The van der Waals surface area contributed by atoms with E-state index in [1.54, 1.807) is 24.4 Å². The molecular formula is C21H17ClN4O3S. The van der Waals surface area contributed by atoms with Crippen molar-refractivity contribution < 1.29 is 14.3 Å². The number of carbonyl (C=O) groups excluding carboxylic acids is 1. The third-order valence-corrected chi connectivity index (χ3v) is 5.42. The molecule has 0 aliphatic heterocycles. The minimum absolute atomic E-state index is 0.369. The number of benzene rings is 2. The third-order valence-electron chi connectivity index (χ3n) is 4.42. The first kappa shape index (κ1) is 19.9. The Labute approximate surface area is 181 Å². The molecule has 152 valence electrons. The molecule has 0 bridgehead atoms. The van der Waals surface area contributed by atoms with Crippen LogP contribution in [0.15, 0.2) is 59.1 Å². The lowest BCUT2D eigenvalue weighted by molar-refractivity contribution is 0.0954. The zero-order valence-electron chi connectivity index (χ0n) is 16.1. The summed E-state index contributed by atoms with van der Waals surface area (Å²) < 4.78 is 12.4. The van der Waals surface area contributed by atoms with Crippen LogP contribution in [0.5, 0.6) is 11.5 Å². The molecule has 9 heteroatoms. The lowest BCUT2D eigenvalue weighted by Crippen LogP contribution is -2.17. The fraction of sp³-hybridized carbons (Fsp3) is 0.0952. The summed E-state index contributed by atoms with van der Waals surface area (Å²) in [7, 11) is 3.05. The molecule has 1 amide bonds. The van der Waals surface area contributed by atoms with Gasteiger partial charge in [0.05, 0.1) is 31.8 Å². The summed E-state index contributed by atoms with van der Waals surface area (Å²) >= 11 is 7.51. The lowest BCUT2D eigenvalue weighted by atomic mass is 10.1. The predicted molar refractivity (Wildman–Crippen MR) is 118 cm³/mol. The molecule has 0 fully saturated rings. The van der Waals surface area contributed by atoms with E-state index in [1.807, 2.05) is 40.2 Å². The highest BCUT2D eigenvalue weighted by atomic mass is 35.5. The number of fused-ring (bicyclic) bond motifs is 1. The van der Waals surface area contributed by atoms with Crippen LogP contribution in [0.1, 0.15) is 16.1 Å². The number of nitrogens with zero attached hydrogens (tertiary/aromatic N) is 3. The second-order valence-corrected chi connectivity index (χ2v) is 7.49. The Morgan fingerprint density at radius 1 is 1.17 bits per heavy atom. The number of amides is 1. The molecule has 0 saturated carbocycles. The van der Waals surface area contributed by atoms with Gasteiger partial charge >= 0.3 is 0 Å². The van der Waals surface area contributed by atoms with Gasteiger partial charge in [0.15, 0.2) is 16.5 Å². The summed E-state index contributed by atoms with van der Waals surface area (Å²) in [6.07, 6.45) is 3.49. The van der Waals surface area contributed by atoms with Gasteiger partial charge in [-0.25, -0.2) is 10.4 Å². The Hall–Kier alpha value is -3.36. The van der Waals surface area contributed by atoms with Crippen molar-refractivity contribution in [3.63, 3.8) is 0 Å². The fourth-order valence-electron chi connectivity index (χ4n) is 2.94. The third kappa shape index (κ3) is 3.87. The molecule has 0 unspecified atom stereocenters. The van der Waals surface area contributed by atoms with Crippen molar-refractivity contribution >= 4 is 40.0 Å². The van der Waals surface area contributed by atoms with Gasteiger partial charge in [0.1, 0.15) is 0 Å². The summed E-state index contributed by atoms with van der Waals surface area (Å²) in [6, 6.07) is 12.3. The van der Waals surface area contributed by atoms with Gasteiger partial charge in [-0.05, 0) is 30.3 Å². The van der Waals surface area contributed by atoms with E-state index in [2.05, 4.69) is 15.5 Å². The summed E-state index contributed by atoms with van der Waals surface area (Å²) in [5.74, 6) is 0.644. The van der Waals surface area contributed by atoms with Gasteiger partial charge in [-0.2, -0.15) is 5.10 Å². The smallest absolute Gasteiger partial charge is 0.271 e.